The van der Waals surface area contributed by atoms with Crippen LogP contribution in [0.25, 0.3) is 0 Å². The van der Waals surface area contributed by atoms with E-state index in [1.807, 2.05) is 35.7 Å². The van der Waals surface area contributed by atoms with Crippen LogP contribution < -0.4 is 15.5 Å². The second-order valence-corrected chi connectivity index (χ2v) is 10.5. The maximum atomic E-state index is 12.6. The van der Waals surface area contributed by atoms with E-state index in [9.17, 15) is 4.79 Å². The van der Waals surface area contributed by atoms with Crippen molar-refractivity contribution in [3.8, 4) is 6.07 Å². The molecule has 2 aliphatic rings. The van der Waals surface area contributed by atoms with Crippen molar-refractivity contribution in [1.82, 2.24) is 10.6 Å². The maximum absolute atomic E-state index is 12.6. The highest BCUT2D eigenvalue weighted by atomic mass is 79.9. The molecule has 1 aliphatic heterocycles. The molecule has 2 fully saturated rings. The zero-order chi connectivity index (χ0) is 21.6. The summed E-state index contributed by atoms with van der Waals surface area (Å²) in [7, 11) is 0. The van der Waals surface area contributed by atoms with Gasteiger partial charge < -0.3 is 15.5 Å². The average Bonchev–Trinajstić information content (AvgIpc) is 3.19. The largest absolute Gasteiger partial charge is 0.370 e. The first-order chi connectivity index (χ1) is 15.1. The van der Waals surface area contributed by atoms with Gasteiger partial charge in [0, 0.05) is 51.6 Å². The Balaban J connectivity index is 1.33. The van der Waals surface area contributed by atoms with Crippen LogP contribution in [-0.4, -0.2) is 37.1 Å². The van der Waals surface area contributed by atoms with Crippen LogP contribution in [0, 0.1) is 11.3 Å². The Morgan fingerprint density at radius 2 is 1.94 bits per heavy atom. The van der Waals surface area contributed by atoms with Crippen molar-refractivity contribution < 1.29 is 4.79 Å². The summed E-state index contributed by atoms with van der Waals surface area (Å²) in [6.07, 6.45) is 7.31. The number of piperidine rings is 1. The quantitative estimate of drug-likeness (QED) is 0.607. The molecular formula is C24H29BrN4OS. The fraction of sp³-hybridized carbons (Fsp3) is 0.500. The van der Waals surface area contributed by atoms with Gasteiger partial charge in [-0.1, -0.05) is 12.8 Å². The normalized spacial score (nSPS) is 23.9. The lowest BCUT2D eigenvalue weighted by molar-refractivity contribution is -0.121. The lowest BCUT2D eigenvalue weighted by Crippen LogP contribution is -2.57. The Morgan fingerprint density at radius 1 is 1.16 bits per heavy atom. The number of nitriles is 1. The van der Waals surface area contributed by atoms with Crippen LogP contribution in [0.3, 0.4) is 0 Å². The summed E-state index contributed by atoms with van der Waals surface area (Å²) in [4.78, 5) is 16.1. The summed E-state index contributed by atoms with van der Waals surface area (Å²) >= 11 is 5.09. The monoisotopic (exact) mass is 500 g/mol. The number of nitrogens with one attached hydrogen (secondary N) is 2. The lowest BCUT2D eigenvalue weighted by atomic mass is 9.89. The number of thiophene rings is 1. The van der Waals surface area contributed by atoms with Crippen LogP contribution >= 0.6 is 27.3 Å². The molecule has 0 radical (unpaired) electrons. The van der Waals surface area contributed by atoms with E-state index in [0.717, 1.165) is 48.1 Å². The number of benzene rings is 1. The number of amides is 1. The fourth-order valence-corrected chi connectivity index (χ4v) is 6.21. The molecule has 3 unspecified atom stereocenters. The van der Waals surface area contributed by atoms with E-state index in [0.29, 0.717) is 24.1 Å². The van der Waals surface area contributed by atoms with Gasteiger partial charge >= 0.3 is 0 Å². The highest BCUT2D eigenvalue weighted by molar-refractivity contribution is 9.10. The van der Waals surface area contributed by atoms with Gasteiger partial charge in [-0.05, 0) is 71.9 Å². The SMILES string of the molecule is N#Cc1ccc(N2CCCC(NC3CCCCC3NC(=O)Cc3cc(Br)cs3)C2)cc1. The molecule has 4 rings (SSSR count). The molecule has 2 aromatic rings. The van der Waals surface area contributed by atoms with E-state index in [1.54, 1.807) is 11.3 Å². The summed E-state index contributed by atoms with van der Waals surface area (Å²) in [6.45, 7) is 2.01. The molecule has 2 heterocycles. The van der Waals surface area contributed by atoms with E-state index in [1.165, 1.54) is 18.5 Å². The first-order valence-electron chi connectivity index (χ1n) is 11.1. The summed E-state index contributed by atoms with van der Waals surface area (Å²) in [5.74, 6) is 0.121. The molecule has 1 amide bonds. The second kappa shape index (κ2) is 10.6. The van der Waals surface area contributed by atoms with Crippen LogP contribution in [0.4, 0.5) is 5.69 Å². The van der Waals surface area contributed by atoms with Gasteiger partial charge in [-0.3, -0.25) is 4.79 Å². The minimum atomic E-state index is 0.121. The van der Waals surface area contributed by atoms with Crippen molar-refractivity contribution in [2.75, 3.05) is 18.0 Å². The number of rotatable bonds is 6. The zero-order valence-corrected chi connectivity index (χ0v) is 20.1. The molecular weight excluding hydrogens is 472 g/mol. The highest BCUT2D eigenvalue weighted by Crippen LogP contribution is 2.24. The van der Waals surface area contributed by atoms with Crippen LogP contribution in [0.15, 0.2) is 40.2 Å². The molecule has 1 aliphatic carbocycles. The Kier molecular flexibility index (Phi) is 7.65. The van der Waals surface area contributed by atoms with Crippen LogP contribution in [0.2, 0.25) is 0 Å². The second-order valence-electron chi connectivity index (χ2n) is 8.58. The number of carbonyl (C=O) groups excluding carboxylic acids is 1. The fourth-order valence-electron chi connectivity index (χ4n) is 4.76. The van der Waals surface area contributed by atoms with Crippen molar-refractivity contribution >= 4 is 38.9 Å². The standard InChI is InChI=1S/C24H29BrN4OS/c25-18-12-21(31-16-18)13-24(30)28-23-6-2-1-5-22(23)27-19-4-3-11-29(15-19)20-9-7-17(14-26)8-10-20/h7-10,12,16,19,22-23,27H,1-6,11,13,15H2,(H,28,30). The third kappa shape index (κ3) is 6.09. The minimum absolute atomic E-state index is 0.121. The number of hydrogen-bond donors (Lipinski definition) is 2. The van der Waals surface area contributed by atoms with Gasteiger partial charge in [0.25, 0.3) is 0 Å². The van der Waals surface area contributed by atoms with E-state index in [-0.39, 0.29) is 11.9 Å². The van der Waals surface area contributed by atoms with E-state index in [2.05, 4.69) is 37.5 Å². The van der Waals surface area contributed by atoms with E-state index in [4.69, 9.17) is 5.26 Å². The first kappa shape index (κ1) is 22.3. The average molecular weight is 501 g/mol. The van der Waals surface area contributed by atoms with E-state index >= 15 is 0 Å². The van der Waals surface area contributed by atoms with Crippen LogP contribution in [0.5, 0.6) is 0 Å². The van der Waals surface area contributed by atoms with E-state index < -0.39 is 0 Å². The van der Waals surface area contributed by atoms with Gasteiger partial charge in [0.15, 0.2) is 0 Å². The Labute approximate surface area is 197 Å². The number of nitrogens with zero attached hydrogens (tertiary/aromatic N) is 2. The molecule has 1 saturated carbocycles. The topological polar surface area (TPSA) is 68.2 Å². The minimum Gasteiger partial charge on any atom is -0.370 e. The molecule has 7 heteroatoms. The summed E-state index contributed by atoms with van der Waals surface area (Å²) in [5.41, 5.74) is 1.88. The van der Waals surface area contributed by atoms with Gasteiger partial charge in [0.2, 0.25) is 5.91 Å². The molecule has 1 aromatic carbocycles. The smallest absolute Gasteiger partial charge is 0.225 e. The predicted molar refractivity (Wildman–Crippen MR) is 129 cm³/mol. The third-order valence-corrected chi connectivity index (χ3v) is 8.00. The van der Waals surface area contributed by atoms with Crippen molar-refractivity contribution in [3.63, 3.8) is 0 Å². The van der Waals surface area contributed by atoms with Crippen molar-refractivity contribution in [2.45, 2.75) is 63.1 Å². The lowest BCUT2D eigenvalue weighted by Gasteiger charge is -2.40. The van der Waals surface area contributed by atoms with Gasteiger partial charge in [0.05, 0.1) is 18.1 Å². The number of carbonyl (C=O) groups is 1. The van der Waals surface area contributed by atoms with Gasteiger partial charge in [-0.25, -0.2) is 0 Å². The summed E-state index contributed by atoms with van der Waals surface area (Å²) in [6, 6.07) is 13.1. The molecule has 31 heavy (non-hydrogen) atoms. The first-order valence-corrected chi connectivity index (χ1v) is 12.8. The predicted octanol–water partition coefficient (Wildman–Crippen LogP) is 4.61. The molecule has 0 spiro atoms. The molecule has 1 saturated heterocycles. The highest BCUT2D eigenvalue weighted by Gasteiger charge is 2.30. The molecule has 1 aromatic heterocycles. The molecule has 0 bridgehead atoms. The Hall–Kier alpha value is -1.88. The van der Waals surface area contributed by atoms with Gasteiger partial charge in [-0.2, -0.15) is 5.26 Å². The molecule has 164 valence electrons. The number of halogens is 1. The van der Waals surface area contributed by atoms with Gasteiger partial charge in [0.1, 0.15) is 0 Å². The van der Waals surface area contributed by atoms with Gasteiger partial charge in [-0.15, -0.1) is 11.3 Å². The zero-order valence-electron chi connectivity index (χ0n) is 17.6. The number of hydrogen-bond acceptors (Lipinski definition) is 5. The summed E-state index contributed by atoms with van der Waals surface area (Å²) < 4.78 is 1.04. The van der Waals surface area contributed by atoms with Crippen molar-refractivity contribution in [1.29, 1.82) is 5.26 Å². The molecule has 5 nitrogen and oxygen atoms in total. The molecule has 2 N–H and O–H groups in total. The number of anilines is 1. The van der Waals surface area contributed by atoms with Crippen molar-refractivity contribution in [3.05, 3.63) is 50.6 Å². The van der Waals surface area contributed by atoms with Crippen LogP contribution in [-0.2, 0) is 11.2 Å². The third-order valence-electron chi connectivity index (χ3n) is 6.30. The maximum Gasteiger partial charge on any atom is 0.225 e. The van der Waals surface area contributed by atoms with Crippen molar-refractivity contribution in [2.24, 2.45) is 0 Å². The summed E-state index contributed by atoms with van der Waals surface area (Å²) in [5, 5.41) is 18.3. The molecule has 3 atom stereocenters. The Morgan fingerprint density at radius 3 is 2.65 bits per heavy atom. The Bertz CT molecular complexity index is 922. The van der Waals surface area contributed by atoms with Crippen LogP contribution in [0.1, 0.15) is 49.0 Å².